The molecule has 3 heteroatoms. The van der Waals surface area contributed by atoms with Gasteiger partial charge in [-0.1, -0.05) is 74.0 Å². The van der Waals surface area contributed by atoms with Crippen molar-refractivity contribution in [2.75, 3.05) is 0 Å². The van der Waals surface area contributed by atoms with Crippen LogP contribution in [0.1, 0.15) is 46.8 Å². The molecular formula is C24H24O3. The number of hydrogen-bond acceptors (Lipinski definition) is 2. The monoisotopic (exact) mass is 360 g/mol. The number of aromatic carboxylic acids is 1. The zero-order valence-corrected chi connectivity index (χ0v) is 15.9. The Kier molecular flexibility index (Phi) is 5.60. The molecule has 3 aromatic rings. The van der Waals surface area contributed by atoms with Crippen LogP contribution in [-0.4, -0.2) is 11.1 Å². The predicted octanol–water partition coefficient (Wildman–Crippen LogP) is 6.06. The largest absolute Gasteiger partial charge is 0.488 e. The molecule has 0 heterocycles. The van der Waals surface area contributed by atoms with Crippen LogP contribution in [0.15, 0.2) is 66.7 Å². The fourth-order valence-corrected chi connectivity index (χ4v) is 2.99. The Morgan fingerprint density at radius 2 is 1.67 bits per heavy atom. The minimum absolute atomic E-state index is 0.174. The summed E-state index contributed by atoms with van der Waals surface area (Å²) >= 11 is 0. The Bertz CT molecular complexity index is 940. The summed E-state index contributed by atoms with van der Waals surface area (Å²) in [6, 6.07) is 21.5. The molecule has 3 nitrogen and oxygen atoms in total. The molecule has 0 atom stereocenters. The number of ether oxygens (including phenoxy) is 1. The second-order valence-electron chi connectivity index (χ2n) is 7.07. The van der Waals surface area contributed by atoms with E-state index >= 15 is 0 Å². The van der Waals surface area contributed by atoms with Gasteiger partial charge in [0.15, 0.2) is 0 Å². The molecule has 138 valence electrons. The molecule has 0 spiro atoms. The Hall–Kier alpha value is -3.07. The van der Waals surface area contributed by atoms with Gasteiger partial charge >= 0.3 is 5.97 Å². The van der Waals surface area contributed by atoms with Gasteiger partial charge in [0.25, 0.3) is 0 Å². The van der Waals surface area contributed by atoms with Crippen molar-refractivity contribution in [3.05, 3.63) is 89.0 Å². The van der Waals surface area contributed by atoms with Crippen molar-refractivity contribution in [3.63, 3.8) is 0 Å². The van der Waals surface area contributed by atoms with Crippen LogP contribution in [0.25, 0.3) is 11.1 Å². The first-order chi connectivity index (χ1) is 12.9. The first kappa shape index (κ1) is 18.7. The number of benzene rings is 3. The lowest BCUT2D eigenvalue weighted by Gasteiger charge is -2.12. The fourth-order valence-electron chi connectivity index (χ4n) is 2.99. The Morgan fingerprint density at radius 3 is 2.30 bits per heavy atom. The molecule has 0 fully saturated rings. The average molecular weight is 360 g/mol. The third kappa shape index (κ3) is 4.56. The van der Waals surface area contributed by atoms with Gasteiger partial charge in [0.1, 0.15) is 17.9 Å². The zero-order valence-electron chi connectivity index (χ0n) is 15.9. The molecule has 0 aromatic heterocycles. The van der Waals surface area contributed by atoms with E-state index in [-0.39, 0.29) is 5.56 Å². The molecule has 27 heavy (non-hydrogen) atoms. The predicted molar refractivity (Wildman–Crippen MR) is 108 cm³/mol. The number of carboxylic acids is 1. The summed E-state index contributed by atoms with van der Waals surface area (Å²) in [5.74, 6) is -0.130. The maximum atomic E-state index is 11.7. The Balaban J connectivity index is 1.81. The average Bonchev–Trinajstić information content (AvgIpc) is 2.66. The number of carbonyl (C=O) groups is 1. The first-order valence-corrected chi connectivity index (χ1v) is 9.10. The highest BCUT2D eigenvalue weighted by molar-refractivity contribution is 5.92. The Labute approximate surface area is 160 Å². The van der Waals surface area contributed by atoms with E-state index in [1.54, 1.807) is 12.1 Å². The molecule has 3 aromatic carbocycles. The van der Waals surface area contributed by atoms with E-state index in [4.69, 9.17) is 4.74 Å². The van der Waals surface area contributed by atoms with Crippen molar-refractivity contribution in [2.24, 2.45) is 0 Å². The molecule has 0 bridgehead atoms. The van der Waals surface area contributed by atoms with Gasteiger partial charge in [-0.3, -0.25) is 0 Å². The molecule has 0 unspecified atom stereocenters. The normalized spacial score (nSPS) is 10.8. The molecule has 0 saturated carbocycles. The number of rotatable bonds is 6. The van der Waals surface area contributed by atoms with E-state index in [1.165, 1.54) is 5.56 Å². The highest BCUT2D eigenvalue weighted by Gasteiger charge is 2.13. The molecule has 0 aliphatic carbocycles. The standard InChI is InChI=1S/C24H24O3/c1-16(2)19-9-7-18(8-10-19)15-27-23-12-11-21(14-22(23)24(25)26)20-6-4-5-17(3)13-20/h4-14,16H,15H2,1-3H3,(H,25,26). The van der Waals surface area contributed by atoms with Gasteiger partial charge in [0, 0.05) is 0 Å². The molecule has 0 aliphatic heterocycles. The summed E-state index contributed by atoms with van der Waals surface area (Å²) < 4.78 is 5.82. The number of hydrogen-bond donors (Lipinski definition) is 1. The van der Waals surface area contributed by atoms with Crippen LogP contribution in [0.4, 0.5) is 0 Å². The maximum Gasteiger partial charge on any atom is 0.339 e. The van der Waals surface area contributed by atoms with Crippen molar-refractivity contribution in [2.45, 2.75) is 33.3 Å². The lowest BCUT2D eigenvalue weighted by molar-refractivity contribution is 0.0692. The van der Waals surface area contributed by atoms with Gasteiger partial charge in [0.2, 0.25) is 0 Å². The van der Waals surface area contributed by atoms with Crippen LogP contribution in [0.3, 0.4) is 0 Å². The van der Waals surface area contributed by atoms with Gasteiger partial charge in [-0.05, 0) is 47.2 Å². The summed E-state index contributed by atoms with van der Waals surface area (Å²) in [5.41, 5.74) is 5.45. The van der Waals surface area contributed by atoms with Crippen molar-refractivity contribution >= 4 is 5.97 Å². The summed E-state index contributed by atoms with van der Waals surface area (Å²) in [6.07, 6.45) is 0. The number of aryl methyl sites for hydroxylation is 1. The van der Waals surface area contributed by atoms with Crippen LogP contribution >= 0.6 is 0 Å². The molecule has 0 amide bonds. The van der Waals surface area contributed by atoms with E-state index in [0.717, 1.165) is 22.3 Å². The Morgan fingerprint density at radius 1 is 0.963 bits per heavy atom. The van der Waals surface area contributed by atoms with Crippen LogP contribution in [0, 0.1) is 6.92 Å². The summed E-state index contributed by atoms with van der Waals surface area (Å²) in [5, 5.41) is 9.61. The maximum absolute atomic E-state index is 11.7. The van der Waals surface area contributed by atoms with E-state index in [1.807, 2.05) is 49.4 Å². The van der Waals surface area contributed by atoms with E-state index < -0.39 is 5.97 Å². The van der Waals surface area contributed by atoms with Gasteiger partial charge in [-0.15, -0.1) is 0 Å². The topological polar surface area (TPSA) is 46.5 Å². The third-order valence-corrected chi connectivity index (χ3v) is 4.60. The first-order valence-electron chi connectivity index (χ1n) is 9.10. The van der Waals surface area contributed by atoms with E-state index in [2.05, 4.69) is 26.0 Å². The second-order valence-corrected chi connectivity index (χ2v) is 7.07. The van der Waals surface area contributed by atoms with E-state index in [0.29, 0.717) is 18.3 Å². The highest BCUT2D eigenvalue weighted by Crippen LogP contribution is 2.28. The molecule has 0 aliphatic rings. The zero-order chi connectivity index (χ0) is 19.4. The highest BCUT2D eigenvalue weighted by atomic mass is 16.5. The lowest BCUT2D eigenvalue weighted by atomic mass is 10.0. The summed E-state index contributed by atoms with van der Waals surface area (Å²) in [7, 11) is 0. The summed E-state index contributed by atoms with van der Waals surface area (Å²) in [6.45, 7) is 6.66. The molecule has 0 radical (unpaired) electrons. The summed E-state index contributed by atoms with van der Waals surface area (Å²) in [4.78, 5) is 11.7. The minimum atomic E-state index is -0.991. The number of carboxylic acid groups (broad SMARTS) is 1. The van der Waals surface area contributed by atoms with Crippen molar-refractivity contribution < 1.29 is 14.6 Å². The quantitative estimate of drug-likeness (QED) is 0.581. The molecule has 0 saturated heterocycles. The SMILES string of the molecule is Cc1cccc(-c2ccc(OCc3ccc(C(C)C)cc3)c(C(=O)O)c2)c1. The van der Waals surface area contributed by atoms with Crippen LogP contribution in [0.2, 0.25) is 0 Å². The van der Waals surface area contributed by atoms with Crippen molar-refractivity contribution in [1.29, 1.82) is 0 Å². The minimum Gasteiger partial charge on any atom is -0.488 e. The van der Waals surface area contributed by atoms with E-state index in [9.17, 15) is 9.90 Å². The van der Waals surface area contributed by atoms with Gasteiger partial charge in [0.05, 0.1) is 0 Å². The molecule has 3 rings (SSSR count). The van der Waals surface area contributed by atoms with Gasteiger partial charge < -0.3 is 9.84 Å². The van der Waals surface area contributed by atoms with Gasteiger partial charge in [-0.2, -0.15) is 0 Å². The smallest absolute Gasteiger partial charge is 0.339 e. The lowest BCUT2D eigenvalue weighted by Crippen LogP contribution is -2.04. The van der Waals surface area contributed by atoms with Gasteiger partial charge in [-0.25, -0.2) is 4.79 Å². The molecular weight excluding hydrogens is 336 g/mol. The van der Waals surface area contributed by atoms with Crippen molar-refractivity contribution in [1.82, 2.24) is 0 Å². The van der Waals surface area contributed by atoms with Crippen LogP contribution in [-0.2, 0) is 6.61 Å². The fraction of sp³-hybridized carbons (Fsp3) is 0.208. The third-order valence-electron chi connectivity index (χ3n) is 4.60. The molecule has 1 N–H and O–H groups in total. The van der Waals surface area contributed by atoms with Crippen LogP contribution in [0.5, 0.6) is 5.75 Å². The van der Waals surface area contributed by atoms with Crippen LogP contribution < -0.4 is 4.74 Å². The van der Waals surface area contributed by atoms with Crippen molar-refractivity contribution in [3.8, 4) is 16.9 Å². The second kappa shape index (κ2) is 8.09.